The van der Waals surface area contributed by atoms with E-state index in [2.05, 4.69) is 4.99 Å². The van der Waals surface area contributed by atoms with Crippen LogP contribution in [0.2, 0.25) is 0 Å². The molecule has 6 nitrogen and oxygen atoms in total. The number of benzene rings is 1. The summed E-state index contributed by atoms with van der Waals surface area (Å²) in [5.74, 6) is -1.99. The van der Waals surface area contributed by atoms with Gasteiger partial charge in [-0.25, -0.2) is 17.2 Å². The van der Waals surface area contributed by atoms with Gasteiger partial charge in [0.1, 0.15) is 0 Å². The van der Waals surface area contributed by atoms with Crippen molar-refractivity contribution >= 4 is 21.5 Å². The second-order valence-corrected chi connectivity index (χ2v) is 9.36. The molecule has 0 bridgehead atoms. The molecule has 2 aliphatic heterocycles. The summed E-state index contributed by atoms with van der Waals surface area (Å²) in [6.45, 7) is 3.56. The lowest BCUT2D eigenvalue weighted by Gasteiger charge is -2.30. The van der Waals surface area contributed by atoms with Gasteiger partial charge in [-0.1, -0.05) is 12.1 Å². The van der Waals surface area contributed by atoms with Crippen LogP contribution in [0.15, 0.2) is 34.8 Å². The fourth-order valence-electron chi connectivity index (χ4n) is 3.25. The molecule has 0 N–H and O–H groups in total. The van der Waals surface area contributed by atoms with Gasteiger partial charge in [0.25, 0.3) is 5.91 Å². The molecule has 1 aromatic carbocycles. The number of hydrogen-bond donors (Lipinski definition) is 0. The Labute approximate surface area is 163 Å². The minimum Gasteiger partial charge on any atom is -0.333 e. The third-order valence-electron chi connectivity index (χ3n) is 4.96. The highest BCUT2D eigenvalue weighted by molar-refractivity contribution is 7.91. The van der Waals surface area contributed by atoms with E-state index in [1.807, 2.05) is 4.90 Å². The average molecular weight is 411 g/mol. The van der Waals surface area contributed by atoms with Gasteiger partial charge >= 0.3 is 0 Å². The number of rotatable bonds is 6. The molecule has 0 saturated carbocycles. The number of carbonyl (C=O) groups is 1. The number of amides is 1. The first-order valence-corrected chi connectivity index (χ1v) is 10.9. The van der Waals surface area contributed by atoms with E-state index in [-0.39, 0.29) is 42.6 Å². The molecule has 3 rings (SSSR count). The summed E-state index contributed by atoms with van der Waals surface area (Å²) in [6, 6.07) is 3.90. The van der Waals surface area contributed by atoms with Crippen LogP contribution in [0.5, 0.6) is 0 Å². The summed E-state index contributed by atoms with van der Waals surface area (Å²) in [4.78, 5) is 20.6. The lowest BCUT2D eigenvalue weighted by molar-refractivity contribution is -0.128. The van der Waals surface area contributed by atoms with Crippen molar-refractivity contribution in [1.82, 2.24) is 9.80 Å². The Balaban J connectivity index is 1.72. The van der Waals surface area contributed by atoms with Crippen molar-refractivity contribution in [2.45, 2.75) is 13.5 Å². The monoisotopic (exact) mass is 411 g/mol. The van der Waals surface area contributed by atoms with Crippen LogP contribution in [-0.2, 0) is 21.2 Å². The first-order valence-electron chi connectivity index (χ1n) is 9.12. The lowest BCUT2D eigenvalue weighted by atomic mass is 10.1. The van der Waals surface area contributed by atoms with E-state index < -0.39 is 21.5 Å². The van der Waals surface area contributed by atoms with E-state index in [4.69, 9.17) is 0 Å². The van der Waals surface area contributed by atoms with E-state index >= 15 is 0 Å². The molecule has 0 unspecified atom stereocenters. The Morgan fingerprint density at radius 1 is 1.25 bits per heavy atom. The standard InChI is InChI=1S/C19H23F2N3O3S/c1-14-11-16(12-22-14)19(25)24(13-15-3-2-4-17(20)18(15)21)6-5-23-7-9-28(26,27)10-8-23/h2-4,11H,5-10,12-13H2,1H3. The molecule has 2 heterocycles. The number of carbonyl (C=O) groups excluding carboxylic acids is 1. The predicted molar refractivity (Wildman–Crippen MR) is 103 cm³/mol. The Morgan fingerprint density at radius 2 is 1.96 bits per heavy atom. The maximum atomic E-state index is 14.1. The van der Waals surface area contributed by atoms with Crippen LogP contribution in [0.3, 0.4) is 0 Å². The van der Waals surface area contributed by atoms with Crippen molar-refractivity contribution in [3.63, 3.8) is 0 Å². The Bertz CT molecular complexity index is 914. The molecule has 1 amide bonds. The van der Waals surface area contributed by atoms with Crippen molar-refractivity contribution in [2.75, 3.05) is 44.2 Å². The molecule has 152 valence electrons. The molecule has 1 saturated heterocycles. The molecule has 0 aliphatic carbocycles. The number of nitrogens with zero attached hydrogens (tertiary/aromatic N) is 3. The third-order valence-corrected chi connectivity index (χ3v) is 6.57. The molecule has 0 aromatic heterocycles. The Kier molecular flexibility index (Phi) is 6.24. The van der Waals surface area contributed by atoms with Gasteiger partial charge < -0.3 is 4.90 Å². The maximum Gasteiger partial charge on any atom is 0.252 e. The van der Waals surface area contributed by atoms with E-state index in [0.717, 1.165) is 11.8 Å². The molecule has 1 aromatic rings. The van der Waals surface area contributed by atoms with Gasteiger partial charge in [-0.3, -0.25) is 14.7 Å². The average Bonchev–Trinajstić information content (AvgIpc) is 3.09. The van der Waals surface area contributed by atoms with Crippen molar-refractivity contribution < 1.29 is 22.0 Å². The zero-order chi connectivity index (χ0) is 20.3. The number of hydrogen-bond acceptors (Lipinski definition) is 5. The summed E-state index contributed by atoms with van der Waals surface area (Å²) < 4.78 is 50.8. The first kappa shape index (κ1) is 20.6. The fraction of sp³-hybridized carbons (Fsp3) is 0.474. The van der Waals surface area contributed by atoms with Crippen molar-refractivity contribution in [1.29, 1.82) is 0 Å². The minimum absolute atomic E-state index is 0.0645. The van der Waals surface area contributed by atoms with Crippen molar-refractivity contribution in [3.8, 4) is 0 Å². The van der Waals surface area contributed by atoms with E-state index in [9.17, 15) is 22.0 Å². The molecule has 1 fully saturated rings. The zero-order valence-corrected chi connectivity index (χ0v) is 16.5. The van der Waals surface area contributed by atoms with Crippen LogP contribution in [0.4, 0.5) is 8.78 Å². The van der Waals surface area contributed by atoms with Crippen LogP contribution in [0.1, 0.15) is 12.5 Å². The third kappa shape index (κ3) is 5.02. The van der Waals surface area contributed by atoms with Crippen molar-refractivity contribution in [3.05, 3.63) is 47.0 Å². The predicted octanol–water partition coefficient (Wildman–Crippen LogP) is 1.42. The van der Waals surface area contributed by atoms with Crippen molar-refractivity contribution in [2.24, 2.45) is 4.99 Å². The molecule has 0 spiro atoms. The number of aliphatic imine (C=N–C) groups is 1. The highest BCUT2D eigenvalue weighted by Gasteiger charge is 2.25. The smallest absolute Gasteiger partial charge is 0.252 e. The zero-order valence-electron chi connectivity index (χ0n) is 15.7. The number of halogens is 2. The summed E-state index contributed by atoms with van der Waals surface area (Å²) in [6.07, 6.45) is 1.70. The Hall–Kier alpha value is -2.13. The van der Waals surface area contributed by atoms with Crippen LogP contribution >= 0.6 is 0 Å². The van der Waals surface area contributed by atoms with Gasteiger partial charge in [0.2, 0.25) is 0 Å². The number of allylic oxidation sites excluding steroid dienone is 1. The molecular formula is C19H23F2N3O3S. The van der Waals surface area contributed by atoms with E-state index in [1.165, 1.54) is 17.0 Å². The maximum absolute atomic E-state index is 14.1. The highest BCUT2D eigenvalue weighted by atomic mass is 32.2. The van der Waals surface area contributed by atoms with Crippen LogP contribution in [0.25, 0.3) is 0 Å². The number of sulfone groups is 1. The Morgan fingerprint density at radius 3 is 2.61 bits per heavy atom. The van der Waals surface area contributed by atoms with Gasteiger partial charge in [0.05, 0.1) is 18.1 Å². The quantitative estimate of drug-likeness (QED) is 0.710. The molecule has 0 atom stereocenters. The van der Waals surface area contributed by atoms with Gasteiger partial charge in [-0.05, 0) is 19.1 Å². The van der Waals surface area contributed by atoms with Crippen LogP contribution in [0, 0.1) is 11.6 Å². The molecular weight excluding hydrogens is 388 g/mol. The molecule has 2 aliphatic rings. The van der Waals surface area contributed by atoms with Gasteiger partial charge in [-0.15, -0.1) is 0 Å². The van der Waals surface area contributed by atoms with Gasteiger partial charge in [0.15, 0.2) is 21.5 Å². The molecule has 9 heteroatoms. The SMILES string of the molecule is CC1=NCC(C(=O)N(CCN2CCS(=O)(=O)CC2)Cc2cccc(F)c2F)=C1. The van der Waals surface area contributed by atoms with E-state index in [0.29, 0.717) is 25.2 Å². The molecule has 28 heavy (non-hydrogen) atoms. The van der Waals surface area contributed by atoms with Crippen LogP contribution in [-0.4, -0.2) is 74.1 Å². The minimum atomic E-state index is -2.99. The molecule has 0 radical (unpaired) electrons. The van der Waals surface area contributed by atoms with E-state index in [1.54, 1.807) is 13.0 Å². The first-order chi connectivity index (χ1) is 13.2. The summed E-state index contributed by atoms with van der Waals surface area (Å²) in [5, 5.41) is 0. The summed E-state index contributed by atoms with van der Waals surface area (Å²) in [7, 11) is -2.99. The summed E-state index contributed by atoms with van der Waals surface area (Å²) in [5.41, 5.74) is 1.36. The van der Waals surface area contributed by atoms with Gasteiger partial charge in [-0.2, -0.15) is 0 Å². The summed E-state index contributed by atoms with van der Waals surface area (Å²) >= 11 is 0. The fourth-order valence-corrected chi connectivity index (χ4v) is 4.53. The topological polar surface area (TPSA) is 70.1 Å². The second kappa shape index (κ2) is 8.48. The highest BCUT2D eigenvalue weighted by Crippen LogP contribution is 2.17. The van der Waals surface area contributed by atoms with Gasteiger partial charge in [0, 0.05) is 49.6 Å². The largest absolute Gasteiger partial charge is 0.333 e. The lowest BCUT2D eigenvalue weighted by Crippen LogP contribution is -2.45. The normalized spacial score (nSPS) is 19.2. The second-order valence-electron chi connectivity index (χ2n) is 7.06. The van der Waals surface area contributed by atoms with Crippen LogP contribution < -0.4 is 0 Å².